The maximum Gasteiger partial charge on any atom is 0.394 e. The normalized spacial score (nSPS) is 16.2. The van der Waals surface area contributed by atoms with E-state index in [1.165, 1.54) is 44.2 Å². The van der Waals surface area contributed by atoms with Gasteiger partial charge in [-0.15, -0.1) is 0 Å². The van der Waals surface area contributed by atoms with Crippen LogP contribution in [-0.2, 0) is 23.5 Å². The molecule has 4 rings (SSSR count). The topological polar surface area (TPSA) is 347 Å². The second-order valence-electron chi connectivity index (χ2n) is 8.05. The molecule has 0 spiro atoms. The number of aliphatic hydroxyl groups excluding tert-OH is 4. The lowest BCUT2D eigenvalue weighted by molar-refractivity contribution is 0.255. The van der Waals surface area contributed by atoms with Gasteiger partial charge in [-0.2, -0.15) is 28.8 Å². The summed E-state index contributed by atoms with van der Waals surface area (Å²) in [6.07, 6.45) is 5.79. The lowest BCUT2D eigenvalue weighted by Gasteiger charge is -2.10. The monoisotopic (exact) mass is 628 g/mol. The third kappa shape index (κ3) is 10.3. The lowest BCUT2D eigenvalue weighted by Crippen LogP contribution is -2.28. The molecule has 0 fully saturated rings. The Kier molecular flexibility index (Phi) is 12.9. The van der Waals surface area contributed by atoms with Gasteiger partial charge >= 0.3 is 10.4 Å². The second kappa shape index (κ2) is 16.1. The van der Waals surface area contributed by atoms with E-state index >= 15 is 0 Å². The molecule has 0 unspecified atom stereocenters. The number of aliphatic imine (C=N–C) groups is 2. The van der Waals surface area contributed by atoms with Crippen molar-refractivity contribution in [3.05, 3.63) is 12.4 Å². The van der Waals surface area contributed by atoms with E-state index in [2.05, 4.69) is 30.4 Å². The number of nitrogens with one attached hydrogen (secondary N) is 2. The molecule has 22 nitrogen and oxygen atoms in total. The number of nitrogens with zero attached hydrogens (tertiary/aromatic N) is 10. The highest BCUT2D eigenvalue weighted by molar-refractivity contribution is 7.79. The number of aliphatic hydroxyl groups is 4. The molecule has 2 aromatic rings. The summed E-state index contributed by atoms with van der Waals surface area (Å²) in [4.78, 5) is 8.41. The number of aromatic nitrogens is 4. The summed E-state index contributed by atoms with van der Waals surface area (Å²) in [5, 5.41) is 69.5. The molecule has 23 heteroatoms. The number of nitrogens with two attached hydrogens (primary N) is 2. The van der Waals surface area contributed by atoms with Crippen molar-refractivity contribution in [3.63, 3.8) is 0 Å². The van der Waals surface area contributed by atoms with Gasteiger partial charge in [-0.3, -0.25) is 19.9 Å². The minimum atomic E-state index is -4.67. The molecular weight excluding hydrogens is 596 g/mol. The van der Waals surface area contributed by atoms with Gasteiger partial charge in [0.15, 0.2) is 11.7 Å². The van der Waals surface area contributed by atoms with Gasteiger partial charge in [0.25, 0.3) is 0 Å². The van der Waals surface area contributed by atoms with Crippen LogP contribution in [0.25, 0.3) is 0 Å². The third-order valence-electron chi connectivity index (χ3n) is 5.09. The van der Waals surface area contributed by atoms with Gasteiger partial charge in [-0.05, 0) is 0 Å². The van der Waals surface area contributed by atoms with Gasteiger partial charge in [-0.25, -0.2) is 29.4 Å². The molecule has 4 heterocycles. The minimum absolute atomic E-state index is 0.0660. The Hall–Kier alpha value is -4.65. The number of anilines is 2. The van der Waals surface area contributed by atoms with Crippen molar-refractivity contribution in [2.24, 2.45) is 20.2 Å². The summed E-state index contributed by atoms with van der Waals surface area (Å²) in [7, 11) is -4.67. The van der Waals surface area contributed by atoms with Gasteiger partial charge in [-0.1, -0.05) is 0 Å². The fourth-order valence-corrected chi connectivity index (χ4v) is 3.19. The van der Waals surface area contributed by atoms with E-state index in [9.17, 15) is 0 Å². The summed E-state index contributed by atoms with van der Waals surface area (Å²) in [5.41, 5.74) is 13.2. The summed E-state index contributed by atoms with van der Waals surface area (Å²) in [6, 6.07) is 0. The van der Waals surface area contributed by atoms with E-state index in [1.807, 2.05) is 0 Å². The Morgan fingerprint density at radius 1 is 0.698 bits per heavy atom. The highest BCUT2D eigenvalue weighted by Gasteiger charge is 2.21. The fraction of sp³-hybridized carbons (Fsp3) is 0.400. The maximum atomic E-state index is 8.84. The summed E-state index contributed by atoms with van der Waals surface area (Å²) in [6.45, 7) is 0.749. The molecule has 0 bridgehead atoms. The third-order valence-corrected chi connectivity index (χ3v) is 5.09. The molecule has 0 aliphatic carbocycles. The number of amidine groups is 2. The van der Waals surface area contributed by atoms with Crippen LogP contribution in [0.15, 0.2) is 32.6 Å². The first kappa shape index (κ1) is 34.6. The summed E-state index contributed by atoms with van der Waals surface area (Å²) in [5.74, 6) is 0.846. The van der Waals surface area contributed by atoms with Crippen LogP contribution in [-0.4, -0.2) is 143 Å². The molecule has 0 radical (unpaired) electrons. The highest BCUT2D eigenvalue weighted by atomic mass is 32.3. The zero-order chi connectivity index (χ0) is 32.2. The first-order valence-corrected chi connectivity index (χ1v) is 13.5. The average molecular weight is 629 g/mol. The summed E-state index contributed by atoms with van der Waals surface area (Å²) < 4.78 is 34.4. The molecule has 2 aromatic heterocycles. The Morgan fingerprint density at radius 2 is 1.02 bits per heavy atom. The molecule has 2 aliphatic heterocycles. The number of hydrazone groups is 2. The highest BCUT2D eigenvalue weighted by Crippen LogP contribution is 2.23. The first-order chi connectivity index (χ1) is 20.3. The number of nitrogen functional groups attached to an aromatic ring is 2. The predicted molar refractivity (Wildman–Crippen MR) is 156 cm³/mol. The molecule has 236 valence electrons. The number of β-amino-alcohol motifs (C(OH)–C–C–N with tert-alkyl or cyclic N) is 2. The van der Waals surface area contributed by atoms with E-state index in [1.54, 1.807) is 0 Å². The quantitative estimate of drug-likeness (QED) is 0.117. The van der Waals surface area contributed by atoms with Crippen molar-refractivity contribution in [3.8, 4) is 0 Å². The number of hydrogen-bond donors (Lipinski definition) is 10. The van der Waals surface area contributed by atoms with Crippen LogP contribution in [0.2, 0.25) is 0 Å². The molecule has 2 aliphatic rings. The minimum Gasteiger partial charge on any atom is -0.394 e. The van der Waals surface area contributed by atoms with E-state index in [0.717, 1.165) is 0 Å². The smallest absolute Gasteiger partial charge is 0.394 e. The Morgan fingerprint density at radius 3 is 1.33 bits per heavy atom. The molecule has 0 atom stereocenters. The molecular formula is C20H32N14O8S. The second-order valence-corrected chi connectivity index (χ2v) is 8.94. The number of rotatable bonds is 10. The summed E-state index contributed by atoms with van der Waals surface area (Å²) >= 11 is 0. The molecule has 0 saturated heterocycles. The van der Waals surface area contributed by atoms with Crippen molar-refractivity contribution < 1.29 is 37.9 Å². The Labute approximate surface area is 244 Å². The van der Waals surface area contributed by atoms with Crippen LogP contribution < -0.4 is 11.5 Å². The van der Waals surface area contributed by atoms with Crippen molar-refractivity contribution in [2.45, 2.75) is 13.1 Å². The van der Waals surface area contributed by atoms with E-state index in [4.69, 9.17) is 60.2 Å². The van der Waals surface area contributed by atoms with Gasteiger partial charge in [0.05, 0.1) is 77.4 Å². The van der Waals surface area contributed by atoms with Crippen molar-refractivity contribution in [1.29, 1.82) is 10.8 Å². The van der Waals surface area contributed by atoms with Gasteiger partial charge in [0, 0.05) is 0 Å². The Balaban J connectivity index is 0.000000260. The molecule has 0 saturated carbocycles. The van der Waals surface area contributed by atoms with Crippen molar-refractivity contribution in [1.82, 2.24) is 29.6 Å². The molecule has 0 amide bonds. The van der Waals surface area contributed by atoms with E-state index in [0.29, 0.717) is 47.5 Å². The number of hydrogen-bond acceptors (Lipinski definition) is 16. The van der Waals surface area contributed by atoms with Crippen LogP contribution >= 0.6 is 0 Å². The van der Waals surface area contributed by atoms with E-state index < -0.39 is 10.4 Å². The molecule has 12 N–H and O–H groups in total. The average Bonchev–Trinajstić information content (AvgIpc) is 3.67. The predicted octanol–water partition coefficient (Wildman–Crippen LogP) is -3.05. The van der Waals surface area contributed by atoms with Crippen LogP contribution in [0.3, 0.4) is 0 Å². The zero-order valence-electron chi connectivity index (χ0n) is 22.5. The van der Waals surface area contributed by atoms with Crippen LogP contribution in [0.1, 0.15) is 0 Å². The largest absolute Gasteiger partial charge is 0.394 e. The fourth-order valence-electron chi connectivity index (χ4n) is 3.19. The molecule has 43 heavy (non-hydrogen) atoms. The zero-order valence-corrected chi connectivity index (χ0v) is 23.3. The maximum absolute atomic E-state index is 8.84. The van der Waals surface area contributed by atoms with Crippen molar-refractivity contribution in [2.75, 3.05) is 51.0 Å². The van der Waals surface area contributed by atoms with Crippen LogP contribution in [0, 0.1) is 10.8 Å². The lowest BCUT2D eigenvalue weighted by atomic mass is 10.3. The Bertz CT molecular complexity index is 1390. The van der Waals surface area contributed by atoms with Crippen LogP contribution in [0.5, 0.6) is 0 Å². The molecule has 0 aromatic carbocycles. The van der Waals surface area contributed by atoms with Crippen LogP contribution in [0.4, 0.5) is 23.0 Å². The SMILES string of the molecule is N=C1C(=Nc2cnn(CCO)c2N)C=NN1CCO.N=C1C(=Nc2cnn(CCO)c2N)C=NN1CCO.O=S(=O)(O)O. The van der Waals surface area contributed by atoms with Gasteiger partial charge in [0.1, 0.15) is 34.4 Å². The standard InChI is InChI=1S/2C10H15N7O2.H2O4S/c2*11-9-7(5-13-16(9)1-3-18)15-8-6-14-17(2-4-19)10(8)12;1-5(2,3)4/h2*5-6,11,18-19H,1-4,12H2;(H2,1,2,3,4). The van der Waals surface area contributed by atoms with Gasteiger partial charge in [0.2, 0.25) is 0 Å². The first-order valence-electron chi connectivity index (χ1n) is 12.1. The van der Waals surface area contributed by atoms with Gasteiger partial charge < -0.3 is 31.9 Å². The van der Waals surface area contributed by atoms with Crippen molar-refractivity contribution >= 4 is 68.9 Å². The van der Waals surface area contributed by atoms with E-state index in [-0.39, 0.29) is 51.2 Å².